The molecule has 0 spiro atoms. The molecule has 2 N–H and O–H groups in total. The predicted molar refractivity (Wildman–Crippen MR) is 95.9 cm³/mol. The van der Waals surface area contributed by atoms with E-state index in [0.717, 1.165) is 11.1 Å². The molecule has 0 bridgehead atoms. The van der Waals surface area contributed by atoms with E-state index in [2.05, 4.69) is 5.32 Å². The molecule has 25 heavy (non-hydrogen) atoms. The molecule has 0 saturated carbocycles. The first kappa shape index (κ1) is 18.8. The third-order valence-electron chi connectivity index (χ3n) is 3.68. The number of aromatic hydroxyl groups is 1. The van der Waals surface area contributed by atoms with Crippen molar-refractivity contribution in [3.05, 3.63) is 47.5 Å². The molecule has 6 nitrogen and oxygen atoms in total. The molecule has 0 aliphatic rings. The van der Waals surface area contributed by atoms with Gasteiger partial charge in [-0.05, 0) is 49.2 Å². The standard InChI is InChI=1S/C18H21NO5S/c1-4-25(22,23)14-7-8-16(20)15(10-14)19-18(21)11-24-17-9-12(2)5-6-13(17)3/h5-10,20H,4,11H2,1-3H3,(H,19,21). The minimum absolute atomic E-state index is 0.0316. The second-order valence-corrected chi connectivity index (χ2v) is 7.97. The van der Waals surface area contributed by atoms with Gasteiger partial charge in [-0.3, -0.25) is 4.79 Å². The number of hydrogen-bond acceptors (Lipinski definition) is 5. The van der Waals surface area contributed by atoms with Gasteiger partial charge in [0.1, 0.15) is 11.5 Å². The van der Waals surface area contributed by atoms with Gasteiger partial charge in [0.25, 0.3) is 5.91 Å². The number of aryl methyl sites for hydroxylation is 2. The normalized spacial score (nSPS) is 11.2. The van der Waals surface area contributed by atoms with Gasteiger partial charge in [-0.1, -0.05) is 19.1 Å². The van der Waals surface area contributed by atoms with Crippen LogP contribution >= 0.6 is 0 Å². The van der Waals surface area contributed by atoms with Gasteiger partial charge in [0, 0.05) is 0 Å². The highest BCUT2D eigenvalue weighted by molar-refractivity contribution is 7.91. The highest BCUT2D eigenvalue weighted by atomic mass is 32.2. The predicted octanol–water partition coefficient (Wildman–Crippen LogP) is 2.82. The Hall–Kier alpha value is -2.54. The number of sulfone groups is 1. The lowest BCUT2D eigenvalue weighted by atomic mass is 10.1. The van der Waals surface area contributed by atoms with Crippen LogP contribution in [-0.2, 0) is 14.6 Å². The van der Waals surface area contributed by atoms with Crippen LogP contribution in [0.5, 0.6) is 11.5 Å². The average molecular weight is 363 g/mol. The molecular formula is C18H21NO5S. The zero-order chi connectivity index (χ0) is 18.6. The summed E-state index contributed by atoms with van der Waals surface area (Å²) in [5.41, 5.74) is 1.94. The maximum absolute atomic E-state index is 12.1. The Bertz CT molecular complexity index is 890. The second-order valence-electron chi connectivity index (χ2n) is 5.69. The summed E-state index contributed by atoms with van der Waals surface area (Å²) in [6.07, 6.45) is 0. The molecule has 0 saturated heterocycles. The quantitative estimate of drug-likeness (QED) is 0.770. The van der Waals surface area contributed by atoms with Crippen LogP contribution in [0.2, 0.25) is 0 Å². The van der Waals surface area contributed by atoms with Crippen LogP contribution in [-0.4, -0.2) is 31.8 Å². The van der Waals surface area contributed by atoms with E-state index < -0.39 is 15.7 Å². The minimum Gasteiger partial charge on any atom is -0.506 e. The Morgan fingerprint density at radius 2 is 1.88 bits per heavy atom. The minimum atomic E-state index is -3.43. The number of phenolic OH excluding ortho intramolecular Hbond substituents is 1. The van der Waals surface area contributed by atoms with Gasteiger partial charge in [0.2, 0.25) is 0 Å². The van der Waals surface area contributed by atoms with E-state index in [-0.39, 0.29) is 28.7 Å². The molecule has 1 amide bonds. The van der Waals surface area contributed by atoms with Crippen molar-refractivity contribution >= 4 is 21.4 Å². The van der Waals surface area contributed by atoms with E-state index in [1.807, 2.05) is 32.0 Å². The van der Waals surface area contributed by atoms with Crippen molar-refractivity contribution in [3.8, 4) is 11.5 Å². The summed E-state index contributed by atoms with van der Waals surface area (Å²) in [5, 5.41) is 12.3. The van der Waals surface area contributed by atoms with Crippen molar-refractivity contribution < 1.29 is 23.1 Å². The summed E-state index contributed by atoms with van der Waals surface area (Å²) in [4.78, 5) is 12.1. The molecule has 0 radical (unpaired) electrons. The van der Waals surface area contributed by atoms with Crippen molar-refractivity contribution in [2.24, 2.45) is 0 Å². The molecule has 0 atom stereocenters. The van der Waals surface area contributed by atoms with Crippen LogP contribution in [0.15, 0.2) is 41.3 Å². The van der Waals surface area contributed by atoms with E-state index >= 15 is 0 Å². The molecule has 0 aromatic heterocycles. The molecule has 2 aromatic carbocycles. The first-order chi connectivity index (χ1) is 11.7. The largest absolute Gasteiger partial charge is 0.506 e. The van der Waals surface area contributed by atoms with Crippen molar-refractivity contribution in [2.45, 2.75) is 25.7 Å². The summed E-state index contributed by atoms with van der Waals surface area (Å²) in [6.45, 7) is 5.06. The van der Waals surface area contributed by atoms with E-state index in [1.165, 1.54) is 25.1 Å². The van der Waals surface area contributed by atoms with Crippen LogP contribution in [0.25, 0.3) is 0 Å². The van der Waals surface area contributed by atoms with E-state index in [0.29, 0.717) is 5.75 Å². The van der Waals surface area contributed by atoms with Gasteiger partial charge in [-0.2, -0.15) is 0 Å². The zero-order valence-corrected chi connectivity index (χ0v) is 15.2. The third-order valence-corrected chi connectivity index (χ3v) is 5.42. The lowest BCUT2D eigenvalue weighted by Crippen LogP contribution is -2.20. The Balaban J connectivity index is 2.10. The Morgan fingerprint density at radius 1 is 1.16 bits per heavy atom. The maximum Gasteiger partial charge on any atom is 0.262 e. The SMILES string of the molecule is CCS(=O)(=O)c1ccc(O)c(NC(=O)COc2cc(C)ccc2C)c1. The van der Waals surface area contributed by atoms with Crippen LogP contribution < -0.4 is 10.1 Å². The second kappa shape index (κ2) is 7.57. The molecule has 0 heterocycles. The van der Waals surface area contributed by atoms with Gasteiger partial charge in [-0.15, -0.1) is 0 Å². The van der Waals surface area contributed by atoms with E-state index in [4.69, 9.17) is 4.74 Å². The smallest absolute Gasteiger partial charge is 0.262 e. The topological polar surface area (TPSA) is 92.7 Å². The first-order valence-corrected chi connectivity index (χ1v) is 9.44. The van der Waals surface area contributed by atoms with Crippen LogP contribution in [0.4, 0.5) is 5.69 Å². The van der Waals surface area contributed by atoms with E-state index in [1.54, 1.807) is 0 Å². The monoisotopic (exact) mass is 363 g/mol. The van der Waals surface area contributed by atoms with Gasteiger partial charge < -0.3 is 15.2 Å². The summed E-state index contributed by atoms with van der Waals surface area (Å²) < 4.78 is 29.3. The lowest BCUT2D eigenvalue weighted by Gasteiger charge is -2.12. The molecule has 2 rings (SSSR count). The fourth-order valence-corrected chi connectivity index (χ4v) is 3.07. The zero-order valence-electron chi connectivity index (χ0n) is 14.4. The fraction of sp³-hybridized carbons (Fsp3) is 0.278. The van der Waals surface area contributed by atoms with E-state index in [9.17, 15) is 18.3 Å². The van der Waals surface area contributed by atoms with Gasteiger partial charge in [-0.25, -0.2) is 8.42 Å². The Morgan fingerprint density at radius 3 is 2.56 bits per heavy atom. The number of carbonyl (C=O) groups is 1. The summed E-state index contributed by atoms with van der Waals surface area (Å²) in [5.74, 6) is -0.181. The van der Waals surface area contributed by atoms with Gasteiger partial charge in [0.05, 0.1) is 16.3 Å². The molecular weight excluding hydrogens is 342 g/mol. The Labute approximate surface area is 147 Å². The number of carbonyl (C=O) groups excluding carboxylic acids is 1. The molecule has 134 valence electrons. The highest BCUT2D eigenvalue weighted by Crippen LogP contribution is 2.27. The number of rotatable bonds is 6. The number of amides is 1. The maximum atomic E-state index is 12.1. The van der Waals surface area contributed by atoms with Crippen LogP contribution in [0.3, 0.4) is 0 Å². The Kier molecular flexibility index (Phi) is 5.69. The molecule has 0 aliphatic carbocycles. The number of anilines is 1. The number of phenols is 1. The van der Waals surface area contributed by atoms with Crippen molar-refractivity contribution in [1.29, 1.82) is 0 Å². The molecule has 2 aromatic rings. The first-order valence-electron chi connectivity index (χ1n) is 7.78. The summed E-state index contributed by atoms with van der Waals surface area (Å²) in [6, 6.07) is 9.45. The fourth-order valence-electron chi connectivity index (χ4n) is 2.17. The lowest BCUT2D eigenvalue weighted by molar-refractivity contribution is -0.118. The van der Waals surface area contributed by atoms with Crippen molar-refractivity contribution in [3.63, 3.8) is 0 Å². The van der Waals surface area contributed by atoms with Gasteiger partial charge >= 0.3 is 0 Å². The summed E-state index contributed by atoms with van der Waals surface area (Å²) >= 11 is 0. The number of ether oxygens (including phenoxy) is 1. The molecule has 0 unspecified atom stereocenters. The molecule has 0 aliphatic heterocycles. The highest BCUT2D eigenvalue weighted by Gasteiger charge is 2.15. The van der Waals surface area contributed by atoms with Crippen LogP contribution in [0.1, 0.15) is 18.1 Å². The number of benzene rings is 2. The molecule has 7 heteroatoms. The van der Waals surface area contributed by atoms with Crippen molar-refractivity contribution in [1.82, 2.24) is 0 Å². The summed E-state index contributed by atoms with van der Waals surface area (Å²) in [7, 11) is -3.43. The average Bonchev–Trinajstić information content (AvgIpc) is 2.57. The van der Waals surface area contributed by atoms with Crippen LogP contribution in [0, 0.1) is 13.8 Å². The van der Waals surface area contributed by atoms with Gasteiger partial charge in [0.15, 0.2) is 16.4 Å². The number of nitrogens with one attached hydrogen (secondary N) is 1. The third kappa shape index (κ3) is 4.73. The van der Waals surface area contributed by atoms with Crippen molar-refractivity contribution in [2.75, 3.05) is 17.7 Å². The molecule has 0 fully saturated rings. The number of hydrogen-bond donors (Lipinski definition) is 2.